The summed E-state index contributed by atoms with van der Waals surface area (Å²) >= 11 is 1.27. The number of halogens is 3. The first-order valence-electron chi connectivity index (χ1n) is 7.60. The number of carbonyl (C=O) groups excluding carboxylic acids is 1. The summed E-state index contributed by atoms with van der Waals surface area (Å²) in [5.74, 6) is 0.0102. The van der Waals surface area contributed by atoms with Gasteiger partial charge in [0.05, 0.1) is 16.9 Å². The van der Waals surface area contributed by atoms with E-state index in [0.29, 0.717) is 11.4 Å². The van der Waals surface area contributed by atoms with Crippen LogP contribution in [0.1, 0.15) is 24.2 Å². The minimum Gasteiger partial charge on any atom is -0.388 e. The summed E-state index contributed by atoms with van der Waals surface area (Å²) in [6.07, 6.45) is -5.09. The van der Waals surface area contributed by atoms with E-state index in [1.807, 2.05) is 18.2 Å². The third-order valence-corrected chi connectivity index (χ3v) is 4.76. The fraction of sp³-hybridized carbons (Fsp3) is 0.278. The average Bonchev–Trinajstić information content (AvgIpc) is 2.59. The summed E-state index contributed by atoms with van der Waals surface area (Å²) in [6, 6.07) is 13.4. The first kappa shape index (κ1) is 19.3. The smallest absolute Gasteiger partial charge is 0.388 e. The van der Waals surface area contributed by atoms with Crippen molar-refractivity contribution in [2.45, 2.75) is 24.5 Å². The third-order valence-electron chi connectivity index (χ3n) is 3.54. The van der Waals surface area contributed by atoms with Crippen molar-refractivity contribution in [3.05, 3.63) is 65.7 Å². The van der Waals surface area contributed by atoms with Gasteiger partial charge in [0, 0.05) is 11.4 Å². The monoisotopic (exact) mass is 369 g/mol. The van der Waals surface area contributed by atoms with Crippen LogP contribution in [0.15, 0.2) is 54.6 Å². The van der Waals surface area contributed by atoms with Crippen LogP contribution < -0.4 is 5.32 Å². The van der Waals surface area contributed by atoms with Crippen LogP contribution >= 0.6 is 11.8 Å². The van der Waals surface area contributed by atoms with Crippen molar-refractivity contribution in [3.63, 3.8) is 0 Å². The molecule has 0 aromatic heterocycles. The van der Waals surface area contributed by atoms with E-state index in [2.05, 4.69) is 5.32 Å². The minimum absolute atomic E-state index is 0.300. The van der Waals surface area contributed by atoms with E-state index in [9.17, 15) is 23.1 Å². The van der Waals surface area contributed by atoms with Crippen LogP contribution in [0.5, 0.6) is 0 Å². The van der Waals surface area contributed by atoms with E-state index < -0.39 is 23.1 Å². The van der Waals surface area contributed by atoms with Crippen LogP contribution in [-0.4, -0.2) is 22.0 Å². The molecule has 0 aliphatic rings. The number of thioether (sulfide) groups is 1. The third kappa shape index (κ3) is 5.79. The first-order chi connectivity index (χ1) is 11.8. The molecule has 0 aliphatic heterocycles. The highest BCUT2D eigenvalue weighted by Gasteiger charge is 2.30. The maximum absolute atomic E-state index is 12.5. The van der Waals surface area contributed by atoms with Crippen LogP contribution in [0, 0.1) is 0 Å². The standard InChI is InChI=1S/C18H18F3NO2S/c1-12(25-11-16(23)13-5-3-2-4-6-13)17(24)22-15-9-7-14(8-10-15)18(19,20)21/h2-10,12,16,23H,11H2,1H3,(H,22,24). The number of benzene rings is 2. The van der Waals surface area contributed by atoms with Crippen molar-refractivity contribution in [1.82, 2.24) is 0 Å². The lowest BCUT2D eigenvalue weighted by Gasteiger charge is -2.15. The van der Waals surface area contributed by atoms with E-state index in [1.54, 1.807) is 19.1 Å². The van der Waals surface area contributed by atoms with Gasteiger partial charge in [-0.05, 0) is 36.8 Å². The normalized spacial score (nSPS) is 14.0. The van der Waals surface area contributed by atoms with Crippen LogP contribution in [-0.2, 0) is 11.0 Å². The molecule has 0 bridgehead atoms. The number of nitrogens with one attached hydrogen (secondary N) is 1. The van der Waals surface area contributed by atoms with Gasteiger partial charge in [-0.25, -0.2) is 0 Å². The quantitative estimate of drug-likeness (QED) is 0.788. The van der Waals surface area contributed by atoms with Gasteiger partial charge in [-0.3, -0.25) is 4.79 Å². The lowest BCUT2D eigenvalue weighted by atomic mass is 10.1. The maximum Gasteiger partial charge on any atom is 0.416 e. The van der Waals surface area contributed by atoms with Gasteiger partial charge in [0.15, 0.2) is 0 Å². The van der Waals surface area contributed by atoms with Crippen molar-refractivity contribution in [1.29, 1.82) is 0 Å². The molecule has 0 saturated carbocycles. The molecule has 7 heteroatoms. The van der Waals surface area contributed by atoms with Crippen LogP contribution in [0.4, 0.5) is 18.9 Å². The van der Waals surface area contributed by atoms with E-state index in [4.69, 9.17) is 0 Å². The Morgan fingerprint density at radius 2 is 1.72 bits per heavy atom. The lowest BCUT2D eigenvalue weighted by Crippen LogP contribution is -2.23. The molecule has 0 heterocycles. The molecule has 2 rings (SSSR count). The van der Waals surface area contributed by atoms with Gasteiger partial charge in [0.2, 0.25) is 5.91 Å². The Labute approximate surface area is 148 Å². The first-order valence-corrected chi connectivity index (χ1v) is 8.65. The van der Waals surface area contributed by atoms with Gasteiger partial charge >= 0.3 is 6.18 Å². The second kappa shape index (κ2) is 8.40. The summed E-state index contributed by atoms with van der Waals surface area (Å²) in [4.78, 5) is 12.1. The van der Waals surface area contributed by atoms with Gasteiger partial charge in [0.25, 0.3) is 0 Å². The van der Waals surface area contributed by atoms with Crippen molar-refractivity contribution in [3.8, 4) is 0 Å². The van der Waals surface area contributed by atoms with Crippen molar-refractivity contribution in [2.75, 3.05) is 11.1 Å². The van der Waals surface area contributed by atoms with Crippen molar-refractivity contribution >= 4 is 23.4 Å². The number of hydrogen-bond acceptors (Lipinski definition) is 3. The Morgan fingerprint density at radius 3 is 2.28 bits per heavy atom. The predicted molar refractivity (Wildman–Crippen MR) is 93.4 cm³/mol. The summed E-state index contributed by atoms with van der Waals surface area (Å²) in [7, 11) is 0. The topological polar surface area (TPSA) is 49.3 Å². The Hall–Kier alpha value is -1.99. The molecule has 2 atom stereocenters. The molecule has 0 spiro atoms. The van der Waals surface area contributed by atoms with Gasteiger partial charge in [0.1, 0.15) is 0 Å². The van der Waals surface area contributed by atoms with Crippen LogP contribution in [0.2, 0.25) is 0 Å². The fourth-order valence-corrected chi connectivity index (χ4v) is 2.94. The molecule has 25 heavy (non-hydrogen) atoms. The number of alkyl halides is 3. The van der Waals surface area contributed by atoms with Gasteiger partial charge < -0.3 is 10.4 Å². The zero-order valence-electron chi connectivity index (χ0n) is 13.5. The second-order valence-corrected chi connectivity index (χ2v) is 6.84. The molecule has 2 aromatic carbocycles. The average molecular weight is 369 g/mol. The highest BCUT2D eigenvalue weighted by atomic mass is 32.2. The molecule has 1 amide bonds. The SMILES string of the molecule is CC(SCC(O)c1ccccc1)C(=O)Nc1ccc(C(F)(F)F)cc1. The van der Waals surface area contributed by atoms with E-state index >= 15 is 0 Å². The lowest BCUT2D eigenvalue weighted by molar-refractivity contribution is -0.137. The van der Waals surface area contributed by atoms with Gasteiger partial charge in [-0.15, -0.1) is 11.8 Å². The molecular weight excluding hydrogens is 351 g/mol. The molecule has 2 unspecified atom stereocenters. The van der Waals surface area contributed by atoms with Gasteiger partial charge in [-0.2, -0.15) is 13.2 Å². The largest absolute Gasteiger partial charge is 0.416 e. The van der Waals surface area contributed by atoms with E-state index in [0.717, 1.165) is 17.7 Å². The molecule has 3 nitrogen and oxygen atoms in total. The highest BCUT2D eigenvalue weighted by molar-refractivity contribution is 8.00. The van der Waals surface area contributed by atoms with Crippen molar-refractivity contribution < 1.29 is 23.1 Å². The summed E-state index contributed by atoms with van der Waals surface area (Å²) in [6.45, 7) is 1.68. The number of rotatable bonds is 6. The minimum atomic E-state index is -4.40. The molecule has 0 aliphatic carbocycles. The van der Waals surface area contributed by atoms with E-state index in [-0.39, 0.29) is 5.91 Å². The van der Waals surface area contributed by atoms with E-state index in [1.165, 1.54) is 23.9 Å². The zero-order valence-corrected chi connectivity index (χ0v) is 14.3. The summed E-state index contributed by atoms with van der Waals surface area (Å²) < 4.78 is 37.5. The molecule has 0 saturated heterocycles. The predicted octanol–water partition coefficient (Wildman–Crippen LogP) is 4.50. The number of carbonyl (C=O) groups is 1. The maximum atomic E-state index is 12.5. The number of aliphatic hydroxyl groups excluding tert-OH is 1. The number of hydrogen-bond donors (Lipinski definition) is 2. The molecule has 2 aromatic rings. The van der Waals surface area contributed by atoms with Crippen molar-refractivity contribution in [2.24, 2.45) is 0 Å². The fourth-order valence-electron chi connectivity index (χ4n) is 2.07. The molecular formula is C18H18F3NO2S. The molecule has 0 radical (unpaired) electrons. The summed E-state index contributed by atoms with van der Waals surface area (Å²) in [5.41, 5.74) is 0.304. The molecule has 134 valence electrons. The highest BCUT2D eigenvalue weighted by Crippen LogP contribution is 2.30. The summed E-state index contributed by atoms with van der Waals surface area (Å²) in [5, 5.41) is 12.2. The Kier molecular flexibility index (Phi) is 6.50. The second-order valence-electron chi connectivity index (χ2n) is 5.47. The Balaban J connectivity index is 1.86. The van der Waals surface area contributed by atoms with Gasteiger partial charge in [-0.1, -0.05) is 30.3 Å². The number of amides is 1. The Bertz CT molecular complexity index is 690. The Morgan fingerprint density at radius 1 is 1.12 bits per heavy atom. The number of anilines is 1. The van der Waals surface area contributed by atoms with Crippen LogP contribution in [0.25, 0.3) is 0 Å². The molecule has 2 N–H and O–H groups in total. The number of aliphatic hydroxyl groups is 1. The molecule has 0 fully saturated rings. The van der Waals surface area contributed by atoms with Crippen LogP contribution in [0.3, 0.4) is 0 Å². The zero-order chi connectivity index (χ0) is 18.4.